The van der Waals surface area contributed by atoms with Crippen molar-refractivity contribution in [2.45, 2.75) is 130 Å². The summed E-state index contributed by atoms with van der Waals surface area (Å²) in [6.07, 6.45) is 4.03. The van der Waals surface area contributed by atoms with Gasteiger partial charge in [-0.05, 0) is 91.9 Å². The van der Waals surface area contributed by atoms with Crippen LogP contribution in [0.1, 0.15) is 93.4 Å². The smallest absolute Gasteiger partial charge is 0.319 e. The van der Waals surface area contributed by atoms with E-state index < -0.39 is 41.4 Å². The Morgan fingerprint density at radius 3 is 2.33 bits per heavy atom. The van der Waals surface area contributed by atoms with Crippen molar-refractivity contribution in [3.05, 3.63) is 0 Å². The van der Waals surface area contributed by atoms with Crippen LogP contribution in [0.25, 0.3) is 0 Å². The van der Waals surface area contributed by atoms with Gasteiger partial charge in [-0.25, -0.2) is 4.58 Å². The van der Waals surface area contributed by atoms with Gasteiger partial charge < -0.3 is 29.0 Å². The third kappa shape index (κ3) is 9.57. The molecule has 0 unspecified atom stereocenters. The molecule has 10 heteroatoms. The summed E-state index contributed by atoms with van der Waals surface area (Å²) in [5.74, 6) is -1.37. The predicted molar refractivity (Wildman–Crippen MR) is 176 cm³/mol. The number of carbonyl (C=O) groups excluding carboxylic acids is 2. The lowest BCUT2D eigenvalue weighted by molar-refractivity contribution is -0.473. The monoisotopic (exact) mass is 638 g/mol. The summed E-state index contributed by atoms with van der Waals surface area (Å²) in [5, 5.41) is 11.3. The van der Waals surface area contributed by atoms with Crippen molar-refractivity contribution < 1.29 is 38.2 Å². The molecule has 0 bridgehead atoms. The fourth-order valence-electron chi connectivity index (χ4n) is 7.69. The van der Waals surface area contributed by atoms with Gasteiger partial charge in [0.25, 0.3) is 0 Å². The van der Waals surface area contributed by atoms with Gasteiger partial charge in [-0.15, -0.1) is 0 Å². The summed E-state index contributed by atoms with van der Waals surface area (Å²) in [7, 11) is 5.44. The van der Waals surface area contributed by atoms with Crippen LogP contribution >= 0.6 is 0 Å². The number of methoxy groups -OCH3 is 1. The second-order valence-electron chi connectivity index (χ2n) is 14.9. The number of hydrogen-bond acceptors (Lipinski definition) is 9. The molecule has 0 aromatic heterocycles. The second-order valence-corrected chi connectivity index (χ2v) is 14.9. The summed E-state index contributed by atoms with van der Waals surface area (Å²) in [6, 6.07) is 0.0587. The Labute approximate surface area is 272 Å². The summed E-state index contributed by atoms with van der Waals surface area (Å²) in [4.78, 5) is 32.8. The standard InChI is InChI=1S/C35H64N3O7/c1-11-38-22-24(2)21-35(7,42-10)31(45-32-29(39)28(36(8)9)20-25(3)44-32)26(4)30(40)34(5,6)33(41)43-23-27(38)16-15-19-37-17-13-12-14-18-37/h24-27,29,31-32,39H,11-23H2,1-10H3/q+1/t24-,25-,26+,27+,29-,31-,32+,35-/m1/s1. The molecule has 45 heavy (non-hydrogen) atoms. The minimum atomic E-state index is -1.40. The third-order valence-electron chi connectivity index (χ3n) is 10.5. The molecule has 1 N–H and O–H groups in total. The Balaban J connectivity index is 1.93. The lowest BCUT2D eigenvalue weighted by Crippen LogP contribution is -2.57. The van der Waals surface area contributed by atoms with E-state index in [4.69, 9.17) is 18.9 Å². The molecule has 0 aromatic rings. The van der Waals surface area contributed by atoms with Crippen molar-refractivity contribution in [2.24, 2.45) is 17.3 Å². The highest BCUT2D eigenvalue weighted by atomic mass is 16.7. The molecule has 0 spiro atoms. The number of ether oxygens (including phenoxy) is 4. The van der Waals surface area contributed by atoms with Gasteiger partial charge in [0.15, 0.2) is 23.9 Å². The Bertz CT molecular complexity index is 1010. The molecular formula is C35H64N3O7+. The predicted octanol–water partition coefficient (Wildman–Crippen LogP) is 3.76. The number of nitrogens with zero attached hydrogens (tertiary/aromatic N) is 3. The maximum atomic E-state index is 14.2. The van der Waals surface area contributed by atoms with E-state index in [9.17, 15) is 14.7 Å². The van der Waals surface area contributed by atoms with Crippen molar-refractivity contribution in [2.75, 3.05) is 60.5 Å². The van der Waals surface area contributed by atoms with Gasteiger partial charge in [-0.2, -0.15) is 0 Å². The first kappa shape index (κ1) is 38.0. The van der Waals surface area contributed by atoms with Gasteiger partial charge in [-0.3, -0.25) is 14.5 Å². The first-order valence-corrected chi connectivity index (χ1v) is 17.4. The van der Waals surface area contributed by atoms with Crippen molar-refractivity contribution in [1.82, 2.24) is 9.80 Å². The number of carbonyl (C=O) groups is 2. The van der Waals surface area contributed by atoms with Crippen LogP contribution in [0.4, 0.5) is 0 Å². The lowest BCUT2D eigenvalue weighted by Gasteiger charge is -2.45. The number of hydrogen-bond donors (Lipinski definition) is 1. The average Bonchev–Trinajstić information content (AvgIpc) is 3.00. The molecule has 0 saturated carbocycles. The normalized spacial score (nSPS) is 36.5. The number of Topliss-reactive ketones (excluding diaryl/α,β-unsaturated/α-hetero) is 1. The molecule has 3 aliphatic rings. The minimum Gasteiger partial charge on any atom is -0.463 e. The van der Waals surface area contributed by atoms with Crippen LogP contribution in [0.5, 0.6) is 0 Å². The van der Waals surface area contributed by atoms with Gasteiger partial charge in [-0.1, -0.05) is 27.2 Å². The number of cyclic esters (lactones) is 1. The number of likely N-dealkylation sites (tertiary alicyclic amines) is 1. The molecule has 3 rings (SSSR count). The van der Waals surface area contributed by atoms with Crippen molar-refractivity contribution in [3.8, 4) is 0 Å². The highest BCUT2D eigenvalue weighted by Gasteiger charge is 2.51. The summed E-state index contributed by atoms with van der Waals surface area (Å²) >= 11 is 0. The Hall–Kier alpha value is -1.43. The molecule has 3 aliphatic heterocycles. The van der Waals surface area contributed by atoms with E-state index in [0.29, 0.717) is 12.8 Å². The molecule has 260 valence electrons. The van der Waals surface area contributed by atoms with E-state index >= 15 is 0 Å². The topological polar surface area (TPSA) is 101 Å². The molecule has 8 atom stereocenters. The maximum absolute atomic E-state index is 14.2. The molecule has 10 nitrogen and oxygen atoms in total. The number of aliphatic hydroxyl groups excluding tert-OH is 1. The van der Waals surface area contributed by atoms with Crippen LogP contribution in [-0.4, -0.2) is 134 Å². The summed E-state index contributed by atoms with van der Waals surface area (Å²) in [6.45, 7) is 18.6. The van der Waals surface area contributed by atoms with Crippen LogP contribution in [0.15, 0.2) is 0 Å². The van der Waals surface area contributed by atoms with Crippen LogP contribution in [0.2, 0.25) is 0 Å². The van der Waals surface area contributed by atoms with Crippen LogP contribution in [-0.2, 0) is 28.5 Å². The molecular weight excluding hydrogens is 574 g/mol. The van der Waals surface area contributed by atoms with Gasteiger partial charge in [0.1, 0.15) is 26.1 Å². The molecule has 0 aliphatic carbocycles. The number of rotatable bonds is 8. The first-order chi connectivity index (χ1) is 21.1. The number of likely N-dealkylation sites (N-methyl/N-ethyl adjacent to an activating group) is 1. The molecule has 3 saturated heterocycles. The van der Waals surface area contributed by atoms with Crippen molar-refractivity contribution >= 4 is 17.5 Å². The van der Waals surface area contributed by atoms with E-state index in [1.165, 1.54) is 19.3 Å². The van der Waals surface area contributed by atoms with Gasteiger partial charge in [0.05, 0.1) is 24.2 Å². The van der Waals surface area contributed by atoms with Crippen LogP contribution in [0, 0.1) is 17.3 Å². The van der Waals surface area contributed by atoms with Gasteiger partial charge in [0.2, 0.25) is 0 Å². The number of ketones is 1. The first-order valence-electron chi connectivity index (χ1n) is 17.4. The lowest BCUT2D eigenvalue weighted by atomic mass is 9.74. The highest BCUT2D eigenvalue weighted by molar-refractivity contribution is 6.04. The summed E-state index contributed by atoms with van der Waals surface area (Å²) in [5.41, 5.74) is -1.50. The molecule has 0 aromatic carbocycles. The Morgan fingerprint density at radius 1 is 1.07 bits per heavy atom. The average molecular weight is 639 g/mol. The fraction of sp³-hybridized carbons (Fsp3) is 0.914. The van der Waals surface area contributed by atoms with E-state index in [1.807, 2.05) is 32.5 Å². The number of aliphatic hydroxyl groups is 1. The van der Waals surface area contributed by atoms with E-state index in [2.05, 4.69) is 23.6 Å². The largest absolute Gasteiger partial charge is 0.463 e. The maximum Gasteiger partial charge on any atom is 0.319 e. The fourth-order valence-corrected chi connectivity index (χ4v) is 7.69. The number of esters is 1. The quantitative estimate of drug-likeness (QED) is 0.242. The third-order valence-corrected chi connectivity index (χ3v) is 10.5. The highest BCUT2D eigenvalue weighted by Crippen LogP contribution is 2.38. The van der Waals surface area contributed by atoms with Crippen molar-refractivity contribution in [3.63, 3.8) is 0 Å². The zero-order valence-electron chi connectivity index (χ0n) is 30.0. The zero-order valence-corrected chi connectivity index (χ0v) is 30.0. The van der Waals surface area contributed by atoms with Gasteiger partial charge in [0, 0.05) is 25.6 Å². The second kappa shape index (κ2) is 16.6. The molecule has 3 fully saturated rings. The SMILES string of the molecule is CCN1C[C@H](C)C[C@@](C)(OC)[C@H](O[C@@H]2O[C@H](C)CC(=[N+](C)C)[C@H]2O)[C@@H](C)C(=O)C(C)(C)C(=O)OC[C@@H]1CCCN1CCCCC1. The Morgan fingerprint density at radius 2 is 1.73 bits per heavy atom. The minimum absolute atomic E-state index is 0.0587. The molecule has 0 radical (unpaired) electrons. The van der Waals surface area contributed by atoms with Gasteiger partial charge >= 0.3 is 5.97 Å². The van der Waals surface area contributed by atoms with E-state index in [-0.39, 0.29) is 30.5 Å². The zero-order chi connectivity index (χ0) is 33.5. The molecule has 3 heterocycles. The Kier molecular flexibility index (Phi) is 14.0. The van der Waals surface area contributed by atoms with Crippen molar-refractivity contribution in [1.29, 1.82) is 0 Å². The van der Waals surface area contributed by atoms with Crippen LogP contribution < -0.4 is 0 Å². The summed E-state index contributed by atoms with van der Waals surface area (Å²) < 4.78 is 26.9. The molecule has 0 amide bonds. The van der Waals surface area contributed by atoms with E-state index in [1.54, 1.807) is 27.9 Å². The van der Waals surface area contributed by atoms with E-state index in [0.717, 1.165) is 51.3 Å². The van der Waals surface area contributed by atoms with Crippen LogP contribution in [0.3, 0.4) is 0 Å². The number of piperidine rings is 1.